The fraction of sp³-hybridized carbons (Fsp3) is 0.316. The Morgan fingerprint density at radius 1 is 1.08 bits per heavy atom. The van der Waals surface area contributed by atoms with Gasteiger partial charge < -0.3 is 19.4 Å². The van der Waals surface area contributed by atoms with Crippen LogP contribution < -0.4 is 5.32 Å². The van der Waals surface area contributed by atoms with Gasteiger partial charge in [-0.05, 0) is 51.1 Å². The number of carbonyl (C=O) groups is 3. The van der Waals surface area contributed by atoms with Gasteiger partial charge in [-0.3, -0.25) is 4.79 Å². The Morgan fingerprint density at radius 3 is 2.31 bits per heavy atom. The van der Waals surface area contributed by atoms with Gasteiger partial charge in [0.1, 0.15) is 6.54 Å². The molecule has 0 aliphatic heterocycles. The topological polar surface area (TPSA) is 86.6 Å². The first kappa shape index (κ1) is 19.2. The Labute approximate surface area is 151 Å². The fourth-order valence-corrected chi connectivity index (χ4v) is 2.61. The maximum Gasteiger partial charge on any atom is 0.339 e. The monoisotopic (exact) mass is 358 g/mol. The summed E-state index contributed by atoms with van der Waals surface area (Å²) in [4.78, 5) is 35.7. The Morgan fingerprint density at radius 2 is 1.73 bits per heavy atom. The van der Waals surface area contributed by atoms with E-state index in [1.54, 1.807) is 48.7 Å². The second kappa shape index (κ2) is 8.33. The second-order valence-corrected chi connectivity index (χ2v) is 5.71. The molecular formula is C19H22N2O5. The summed E-state index contributed by atoms with van der Waals surface area (Å²) in [6, 6.07) is 8.12. The molecular weight excluding hydrogens is 336 g/mol. The predicted octanol–water partition coefficient (Wildman–Crippen LogP) is 2.71. The Kier molecular flexibility index (Phi) is 6.16. The quantitative estimate of drug-likeness (QED) is 0.803. The third-order valence-corrected chi connectivity index (χ3v) is 3.96. The summed E-state index contributed by atoms with van der Waals surface area (Å²) in [5, 5.41) is 2.76. The molecule has 0 saturated heterocycles. The number of ether oxygens (including phenoxy) is 2. The van der Waals surface area contributed by atoms with E-state index in [4.69, 9.17) is 4.74 Å². The molecule has 138 valence electrons. The number of aromatic nitrogens is 1. The van der Waals surface area contributed by atoms with Crippen molar-refractivity contribution in [1.82, 2.24) is 4.57 Å². The molecule has 26 heavy (non-hydrogen) atoms. The minimum Gasteiger partial charge on any atom is -0.465 e. The molecule has 0 aliphatic carbocycles. The molecule has 0 unspecified atom stereocenters. The van der Waals surface area contributed by atoms with Crippen LogP contribution in [0.5, 0.6) is 0 Å². The number of nitrogens with one attached hydrogen (secondary N) is 1. The lowest BCUT2D eigenvalue weighted by atomic mass is 10.2. The highest BCUT2D eigenvalue weighted by Gasteiger charge is 2.18. The molecule has 0 fully saturated rings. The molecule has 1 heterocycles. The molecule has 1 amide bonds. The van der Waals surface area contributed by atoms with Crippen molar-refractivity contribution in [3.05, 3.63) is 52.8 Å². The SMILES string of the molecule is CCOC(=O)c1cc(C)n(CC(=O)Nc2ccc(C(=O)OC)cc2)c1C. The Hall–Kier alpha value is -3.09. The van der Waals surface area contributed by atoms with Crippen LogP contribution in [0.25, 0.3) is 0 Å². The molecule has 1 N–H and O–H groups in total. The molecule has 0 atom stereocenters. The van der Waals surface area contributed by atoms with Crippen molar-refractivity contribution >= 4 is 23.5 Å². The van der Waals surface area contributed by atoms with Gasteiger partial charge in [0.2, 0.25) is 5.91 Å². The molecule has 0 aliphatic rings. The van der Waals surface area contributed by atoms with Gasteiger partial charge in [-0.25, -0.2) is 9.59 Å². The van der Waals surface area contributed by atoms with Crippen LogP contribution in [0.4, 0.5) is 5.69 Å². The molecule has 7 nitrogen and oxygen atoms in total. The van der Waals surface area contributed by atoms with Gasteiger partial charge in [-0.2, -0.15) is 0 Å². The maximum atomic E-state index is 12.3. The van der Waals surface area contributed by atoms with E-state index in [1.807, 2.05) is 6.92 Å². The smallest absolute Gasteiger partial charge is 0.339 e. The van der Waals surface area contributed by atoms with Crippen LogP contribution in [0.3, 0.4) is 0 Å². The first-order valence-corrected chi connectivity index (χ1v) is 8.19. The number of rotatable bonds is 6. The summed E-state index contributed by atoms with van der Waals surface area (Å²) in [5.41, 5.74) is 2.90. The average Bonchev–Trinajstić information content (AvgIpc) is 2.90. The largest absolute Gasteiger partial charge is 0.465 e. The predicted molar refractivity (Wildman–Crippen MR) is 96.3 cm³/mol. The average molecular weight is 358 g/mol. The number of benzene rings is 1. The summed E-state index contributed by atoms with van der Waals surface area (Å²) in [7, 11) is 1.31. The molecule has 0 spiro atoms. The summed E-state index contributed by atoms with van der Waals surface area (Å²) < 4.78 is 11.4. The van der Waals surface area contributed by atoms with Crippen molar-refractivity contribution in [1.29, 1.82) is 0 Å². The Balaban J connectivity index is 2.08. The van der Waals surface area contributed by atoms with Crippen LogP contribution >= 0.6 is 0 Å². The van der Waals surface area contributed by atoms with Crippen LogP contribution in [0, 0.1) is 13.8 Å². The van der Waals surface area contributed by atoms with Crippen LogP contribution in [0.2, 0.25) is 0 Å². The van der Waals surface area contributed by atoms with Crippen molar-refractivity contribution in [3.8, 4) is 0 Å². The number of amides is 1. The number of nitrogens with zero attached hydrogens (tertiary/aromatic N) is 1. The van der Waals surface area contributed by atoms with Gasteiger partial charge >= 0.3 is 11.9 Å². The summed E-state index contributed by atoms with van der Waals surface area (Å²) in [5.74, 6) is -1.08. The number of aryl methyl sites for hydroxylation is 1. The lowest BCUT2D eigenvalue weighted by Crippen LogP contribution is -2.20. The van der Waals surface area contributed by atoms with Gasteiger partial charge in [0.15, 0.2) is 0 Å². The standard InChI is InChI=1S/C19H22N2O5/c1-5-26-19(24)16-10-12(2)21(13(16)3)11-17(22)20-15-8-6-14(7-9-15)18(23)25-4/h6-10H,5,11H2,1-4H3,(H,20,22). The molecule has 1 aromatic heterocycles. The molecule has 0 saturated carbocycles. The summed E-state index contributed by atoms with van der Waals surface area (Å²) in [6.45, 7) is 5.71. The van der Waals surface area contributed by atoms with Crippen molar-refractivity contribution in [2.24, 2.45) is 0 Å². The van der Waals surface area contributed by atoms with Crippen LogP contribution in [0.1, 0.15) is 39.0 Å². The highest BCUT2D eigenvalue weighted by molar-refractivity contribution is 5.94. The number of hydrogen-bond donors (Lipinski definition) is 1. The first-order chi connectivity index (χ1) is 12.4. The normalized spacial score (nSPS) is 10.3. The minimum absolute atomic E-state index is 0.0653. The van der Waals surface area contributed by atoms with Crippen LogP contribution in [-0.2, 0) is 20.8 Å². The van der Waals surface area contributed by atoms with Crippen molar-refractivity contribution < 1.29 is 23.9 Å². The van der Waals surface area contributed by atoms with E-state index in [-0.39, 0.29) is 12.5 Å². The molecule has 7 heteroatoms. The number of esters is 2. The van der Waals surface area contributed by atoms with Crippen LogP contribution in [0.15, 0.2) is 30.3 Å². The molecule has 0 bridgehead atoms. The number of methoxy groups -OCH3 is 1. The molecule has 2 aromatic rings. The van der Waals surface area contributed by atoms with Crippen molar-refractivity contribution in [2.75, 3.05) is 19.0 Å². The number of anilines is 1. The second-order valence-electron chi connectivity index (χ2n) is 5.71. The van der Waals surface area contributed by atoms with Gasteiger partial charge in [0.25, 0.3) is 0 Å². The molecule has 1 aromatic carbocycles. The van der Waals surface area contributed by atoms with E-state index >= 15 is 0 Å². The zero-order chi connectivity index (χ0) is 19.3. The van der Waals surface area contributed by atoms with E-state index in [9.17, 15) is 14.4 Å². The van der Waals surface area contributed by atoms with Gasteiger partial charge in [-0.15, -0.1) is 0 Å². The van der Waals surface area contributed by atoms with Gasteiger partial charge in [-0.1, -0.05) is 0 Å². The van der Waals surface area contributed by atoms with Gasteiger partial charge in [0.05, 0.1) is 24.8 Å². The first-order valence-electron chi connectivity index (χ1n) is 8.19. The van der Waals surface area contributed by atoms with E-state index in [0.29, 0.717) is 29.1 Å². The zero-order valence-corrected chi connectivity index (χ0v) is 15.3. The maximum absolute atomic E-state index is 12.3. The highest BCUT2D eigenvalue weighted by atomic mass is 16.5. The molecule has 0 radical (unpaired) electrons. The van der Waals surface area contributed by atoms with Crippen LogP contribution in [-0.4, -0.2) is 36.1 Å². The third-order valence-electron chi connectivity index (χ3n) is 3.96. The van der Waals surface area contributed by atoms with Crippen molar-refractivity contribution in [3.63, 3.8) is 0 Å². The minimum atomic E-state index is -0.437. The number of hydrogen-bond acceptors (Lipinski definition) is 5. The van der Waals surface area contributed by atoms with Crippen molar-refractivity contribution in [2.45, 2.75) is 27.3 Å². The van der Waals surface area contributed by atoms with E-state index in [2.05, 4.69) is 10.1 Å². The summed E-state index contributed by atoms with van der Waals surface area (Å²) in [6.07, 6.45) is 0. The highest BCUT2D eigenvalue weighted by Crippen LogP contribution is 2.17. The zero-order valence-electron chi connectivity index (χ0n) is 15.3. The fourth-order valence-electron chi connectivity index (χ4n) is 2.61. The van der Waals surface area contributed by atoms with Gasteiger partial charge in [0, 0.05) is 17.1 Å². The lowest BCUT2D eigenvalue weighted by Gasteiger charge is -2.11. The van der Waals surface area contributed by atoms with E-state index < -0.39 is 11.9 Å². The van der Waals surface area contributed by atoms with E-state index in [1.165, 1.54) is 7.11 Å². The number of carbonyl (C=O) groups excluding carboxylic acids is 3. The molecule has 2 rings (SSSR count). The Bertz CT molecular complexity index is 821. The lowest BCUT2D eigenvalue weighted by molar-refractivity contribution is -0.116. The van der Waals surface area contributed by atoms with E-state index in [0.717, 1.165) is 5.69 Å². The third kappa shape index (κ3) is 4.30. The summed E-state index contributed by atoms with van der Waals surface area (Å²) >= 11 is 0.